The van der Waals surface area contributed by atoms with Gasteiger partial charge >= 0.3 is 0 Å². The summed E-state index contributed by atoms with van der Waals surface area (Å²) in [4.78, 5) is 0.0741. The molecule has 3 aromatic carbocycles. The van der Waals surface area contributed by atoms with Gasteiger partial charge in [0.1, 0.15) is 18.5 Å². The summed E-state index contributed by atoms with van der Waals surface area (Å²) in [6.45, 7) is 7.29. The first-order valence-electron chi connectivity index (χ1n) is 10.2. The van der Waals surface area contributed by atoms with Gasteiger partial charge in [0.2, 0.25) is 0 Å². The van der Waals surface area contributed by atoms with Gasteiger partial charge in [-0.25, -0.2) is 0 Å². The van der Waals surface area contributed by atoms with E-state index in [-0.39, 0.29) is 11.5 Å². The standard InChI is InChI=1S/C26H24Cl2O4S/c1-4-8-19-13-16-24(28)25(22-9-6-7-10-23(22)27)26(19)32-20(5-2)17-31-33(29,30)21-14-11-18(3)12-15-21/h4-16,20H,2,17H2,1,3H3. The second-order valence-electron chi connectivity index (χ2n) is 7.26. The summed E-state index contributed by atoms with van der Waals surface area (Å²) in [6.07, 6.45) is 4.46. The highest BCUT2D eigenvalue weighted by Crippen LogP contribution is 2.43. The number of allylic oxidation sites excluding steroid dienone is 1. The zero-order chi connectivity index (χ0) is 24.0. The Bertz CT molecular complexity index is 1270. The molecular weight excluding hydrogens is 479 g/mol. The average Bonchev–Trinajstić information content (AvgIpc) is 2.79. The number of halogens is 2. The Morgan fingerprint density at radius 1 is 1.00 bits per heavy atom. The largest absolute Gasteiger partial charge is 0.483 e. The first-order chi connectivity index (χ1) is 15.8. The van der Waals surface area contributed by atoms with E-state index in [0.29, 0.717) is 26.9 Å². The number of hydrogen-bond donors (Lipinski definition) is 0. The number of aryl methyl sites for hydroxylation is 1. The molecule has 0 saturated heterocycles. The maximum atomic E-state index is 12.6. The highest BCUT2D eigenvalue weighted by molar-refractivity contribution is 7.86. The monoisotopic (exact) mass is 502 g/mol. The molecule has 7 heteroatoms. The van der Waals surface area contributed by atoms with Gasteiger partial charge in [0.05, 0.1) is 9.92 Å². The molecule has 0 fully saturated rings. The number of benzene rings is 3. The summed E-state index contributed by atoms with van der Waals surface area (Å²) in [5, 5.41) is 0.956. The zero-order valence-electron chi connectivity index (χ0n) is 18.3. The second-order valence-corrected chi connectivity index (χ2v) is 9.69. The van der Waals surface area contributed by atoms with E-state index < -0.39 is 16.2 Å². The normalized spacial score (nSPS) is 12.6. The third kappa shape index (κ3) is 6.06. The summed E-state index contributed by atoms with van der Waals surface area (Å²) < 4.78 is 36.7. The molecule has 4 nitrogen and oxygen atoms in total. The summed E-state index contributed by atoms with van der Waals surface area (Å²) in [6, 6.07) is 17.3. The van der Waals surface area contributed by atoms with Gasteiger partial charge in [-0.2, -0.15) is 8.42 Å². The van der Waals surface area contributed by atoms with Crippen molar-refractivity contribution < 1.29 is 17.3 Å². The number of hydrogen-bond acceptors (Lipinski definition) is 4. The van der Waals surface area contributed by atoms with Gasteiger partial charge in [-0.15, -0.1) is 0 Å². The van der Waals surface area contributed by atoms with E-state index in [2.05, 4.69) is 6.58 Å². The minimum Gasteiger partial charge on any atom is -0.483 e. The molecule has 172 valence electrons. The van der Waals surface area contributed by atoms with E-state index >= 15 is 0 Å². The van der Waals surface area contributed by atoms with Crippen molar-refractivity contribution in [3.05, 3.63) is 101 Å². The van der Waals surface area contributed by atoms with Crippen LogP contribution >= 0.6 is 23.2 Å². The molecule has 0 radical (unpaired) electrons. The smallest absolute Gasteiger partial charge is 0.297 e. The lowest BCUT2D eigenvalue weighted by atomic mass is 10.0. The van der Waals surface area contributed by atoms with E-state index in [1.165, 1.54) is 18.2 Å². The Hall–Kier alpha value is -2.57. The van der Waals surface area contributed by atoms with Crippen molar-refractivity contribution in [2.75, 3.05) is 6.61 Å². The summed E-state index contributed by atoms with van der Waals surface area (Å²) in [5.74, 6) is 0.454. The van der Waals surface area contributed by atoms with Crippen molar-refractivity contribution in [2.45, 2.75) is 24.8 Å². The lowest BCUT2D eigenvalue weighted by molar-refractivity contribution is 0.168. The van der Waals surface area contributed by atoms with Gasteiger partial charge in [0.25, 0.3) is 10.1 Å². The van der Waals surface area contributed by atoms with Crippen molar-refractivity contribution in [3.8, 4) is 16.9 Å². The molecule has 0 saturated carbocycles. The first-order valence-corrected chi connectivity index (χ1v) is 12.4. The summed E-state index contributed by atoms with van der Waals surface area (Å²) >= 11 is 13.0. The summed E-state index contributed by atoms with van der Waals surface area (Å²) in [7, 11) is -3.96. The molecule has 1 atom stereocenters. The first kappa shape index (κ1) is 25.1. The van der Waals surface area contributed by atoms with Crippen LogP contribution in [-0.2, 0) is 14.3 Å². The molecule has 0 aliphatic heterocycles. The van der Waals surface area contributed by atoms with E-state index in [1.807, 2.05) is 50.3 Å². The van der Waals surface area contributed by atoms with Crippen molar-refractivity contribution in [3.63, 3.8) is 0 Å². The minimum absolute atomic E-state index is 0.0741. The lowest BCUT2D eigenvalue weighted by Crippen LogP contribution is -2.23. The Morgan fingerprint density at radius 3 is 2.33 bits per heavy atom. The summed E-state index contributed by atoms with van der Waals surface area (Å²) in [5.41, 5.74) is 3.00. The Morgan fingerprint density at radius 2 is 1.70 bits per heavy atom. The van der Waals surface area contributed by atoms with Gasteiger partial charge in [-0.1, -0.05) is 77.8 Å². The number of rotatable bonds is 9. The van der Waals surface area contributed by atoms with E-state index in [0.717, 1.165) is 11.1 Å². The van der Waals surface area contributed by atoms with E-state index in [9.17, 15) is 8.42 Å². The zero-order valence-corrected chi connectivity index (χ0v) is 20.6. The fourth-order valence-corrected chi connectivity index (χ4v) is 4.56. The molecule has 0 aliphatic rings. The van der Waals surface area contributed by atoms with Crippen LogP contribution in [0.4, 0.5) is 0 Å². The van der Waals surface area contributed by atoms with E-state index in [4.69, 9.17) is 32.1 Å². The molecule has 0 heterocycles. The van der Waals surface area contributed by atoms with Gasteiger partial charge in [0.15, 0.2) is 0 Å². The fraction of sp³-hybridized carbons (Fsp3) is 0.154. The maximum Gasteiger partial charge on any atom is 0.297 e. The molecular formula is C26H24Cl2O4S. The molecule has 3 aromatic rings. The molecule has 0 aromatic heterocycles. The van der Waals surface area contributed by atoms with Crippen LogP contribution < -0.4 is 4.74 Å². The molecule has 0 N–H and O–H groups in total. The predicted octanol–water partition coefficient (Wildman–Crippen LogP) is 7.34. The molecule has 0 spiro atoms. The maximum absolute atomic E-state index is 12.6. The van der Waals surface area contributed by atoms with E-state index in [1.54, 1.807) is 24.3 Å². The number of ether oxygens (including phenoxy) is 1. The second kappa shape index (κ2) is 11.0. The molecule has 3 rings (SSSR count). The van der Waals surface area contributed by atoms with Crippen LogP contribution in [0.15, 0.2) is 84.3 Å². The SMILES string of the molecule is C=CC(COS(=O)(=O)c1ccc(C)cc1)Oc1c(C=CC)ccc(Cl)c1-c1ccccc1Cl. The van der Waals surface area contributed by atoms with Crippen LogP contribution in [0.3, 0.4) is 0 Å². The van der Waals surface area contributed by atoms with Crippen LogP contribution in [0.5, 0.6) is 5.75 Å². The van der Waals surface area contributed by atoms with Crippen molar-refractivity contribution in [1.82, 2.24) is 0 Å². The van der Waals surface area contributed by atoms with Gasteiger partial charge in [-0.3, -0.25) is 4.18 Å². The Balaban J connectivity index is 1.95. The van der Waals surface area contributed by atoms with Crippen molar-refractivity contribution in [2.24, 2.45) is 0 Å². The van der Waals surface area contributed by atoms with Crippen molar-refractivity contribution >= 4 is 39.4 Å². The van der Waals surface area contributed by atoms with Crippen LogP contribution in [0.25, 0.3) is 17.2 Å². The fourth-order valence-electron chi connectivity index (χ4n) is 3.16. The van der Waals surface area contributed by atoms with Crippen LogP contribution in [0, 0.1) is 6.92 Å². The average molecular weight is 503 g/mol. The molecule has 1 unspecified atom stereocenters. The molecule has 0 aliphatic carbocycles. The van der Waals surface area contributed by atoms with Crippen LogP contribution in [0.1, 0.15) is 18.1 Å². The minimum atomic E-state index is -3.96. The van der Waals surface area contributed by atoms with Gasteiger partial charge in [-0.05, 0) is 50.3 Å². The van der Waals surface area contributed by atoms with Crippen LogP contribution in [-0.4, -0.2) is 21.1 Å². The highest BCUT2D eigenvalue weighted by atomic mass is 35.5. The van der Waals surface area contributed by atoms with Crippen molar-refractivity contribution in [1.29, 1.82) is 0 Å². The van der Waals surface area contributed by atoms with Gasteiger partial charge in [0, 0.05) is 21.7 Å². The molecule has 0 amide bonds. The Kier molecular flexibility index (Phi) is 8.38. The third-order valence-electron chi connectivity index (χ3n) is 4.86. The Labute approximate surface area is 205 Å². The highest BCUT2D eigenvalue weighted by Gasteiger charge is 2.22. The molecule has 33 heavy (non-hydrogen) atoms. The topological polar surface area (TPSA) is 52.6 Å². The quantitative estimate of drug-likeness (QED) is 0.226. The lowest BCUT2D eigenvalue weighted by Gasteiger charge is -2.21. The van der Waals surface area contributed by atoms with Gasteiger partial charge < -0.3 is 4.74 Å². The third-order valence-corrected chi connectivity index (χ3v) is 6.80. The molecule has 0 bridgehead atoms. The predicted molar refractivity (Wildman–Crippen MR) is 136 cm³/mol. The van der Waals surface area contributed by atoms with Crippen LogP contribution in [0.2, 0.25) is 10.0 Å².